The molecule has 2 aromatic heterocycles. The first kappa shape index (κ1) is 19.8. The van der Waals surface area contributed by atoms with Crippen molar-refractivity contribution in [3.8, 4) is 11.3 Å². The molecule has 4 aromatic rings. The van der Waals surface area contributed by atoms with E-state index in [4.69, 9.17) is 0 Å². The van der Waals surface area contributed by atoms with E-state index in [1.165, 1.54) is 12.1 Å². The first-order valence-corrected chi connectivity index (χ1v) is 10.1. The van der Waals surface area contributed by atoms with E-state index in [0.717, 1.165) is 40.1 Å². The zero-order valence-electron chi connectivity index (χ0n) is 16.9. The van der Waals surface area contributed by atoms with Gasteiger partial charge in [0.25, 0.3) is 0 Å². The number of rotatable bonds is 8. The van der Waals surface area contributed by atoms with Gasteiger partial charge < -0.3 is 14.9 Å². The zero-order valence-corrected chi connectivity index (χ0v) is 16.9. The maximum absolute atomic E-state index is 13.9. The molecule has 0 saturated heterocycles. The first-order chi connectivity index (χ1) is 14.7. The van der Waals surface area contributed by atoms with Gasteiger partial charge in [-0.15, -0.1) is 10.2 Å². The maximum Gasteiger partial charge on any atom is 0.220 e. The highest BCUT2D eigenvalue weighted by molar-refractivity contribution is 5.91. The van der Waals surface area contributed by atoms with Crippen LogP contribution in [0, 0.1) is 5.82 Å². The van der Waals surface area contributed by atoms with Crippen LogP contribution in [0.3, 0.4) is 0 Å². The summed E-state index contributed by atoms with van der Waals surface area (Å²) in [5, 5.41) is 11.7. The largest absolute Gasteiger partial charge is 0.356 e. The highest BCUT2D eigenvalue weighted by atomic mass is 19.1. The summed E-state index contributed by atoms with van der Waals surface area (Å²) in [6.07, 6.45) is 3.17. The number of amides is 1. The summed E-state index contributed by atoms with van der Waals surface area (Å²) in [7, 11) is 0. The first-order valence-electron chi connectivity index (χ1n) is 10.1. The van der Waals surface area contributed by atoms with Crippen LogP contribution in [0.1, 0.15) is 24.7 Å². The SMILES string of the molecule is CCn1cnnc1CCNC(=O)CCc1c(-c2ccccc2)[nH]c2ccc(F)cc12. The van der Waals surface area contributed by atoms with Gasteiger partial charge in [0.1, 0.15) is 18.0 Å². The molecule has 154 valence electrons. The fraction of sp³-hybridized carbons (Fsp3) is 0.261. The number of benzene rings is 2. The van der Waals surface area contributed by atoms with Gasteiger partial charge in [-0.25, -0.2) is 4.39 Å². The average Bonchev–Trinajstić information content (AvgIpc) is 3.36. The van der Waals surface area contributed by atoms with E-state index < -0.39 is 0 Å². The molecule has 0 aliphatic rings. The lowest BCUT2D eigenvalue weighted by molar-refractivity contribution is -0.121. The molecular weight excluding hydrogens is 381 g/mol. The molecule has 0 aliphatic carbocycles. The lowest BCUT2D eigenvalue weighted by atomic mass is 10.0. The van der Waals surface area contributed by atoms with Gasteiger partial charge in [0.15, 0.2) is 0 Å². The van der Waals surface area contributed by atoms with E-state index in [1.54, 1.807) is 12.4 Å². The molecule has 0 atom stereocenters. The van der Waals surface area contributed by atoms with Gasteiger partial charge in [-0.1, -0.05) is 30.3 Å². The van der Waals surface area contributed by atoms with E-state index in [0.29, 0.717) is 25.8 Å². The Hall–Kier alpha value is -3.48. The number of aromatic nitrogens is 4. The predicted molar refractivity (Wildman–Crippen MR) is 114 cm³/mol. The topological polar surface area (TPSA) is 75.6 Å². The molecule has 0 fully saturated rings. The number of hydrogen-bond donors (Lipinski definition) is 2. The number of aryl methyl sites for hydroxylation is 2. The van der Waals surface area contributed by atoms with Crippen LogP contribution in [0.25, 0.3) is 22.2 Å². The molecule has 4 rings (SSSR count). The molecule has 2 N–H and O–H groups in total. The van der Waals surface area contributed by atoms with Gasteiger partial charge in [-0.2, -0.15) is 0 Å². The highest BCUT2D eigenvalue weighted by Crippen LogP contribution is 2.31. The average molecular weight is 405 g/mol. The number of nitrogens with zero attached hydrogens (tertiary/aromatic N) is 3. The third-order valence-electron chi connectivity index (χ3n) is 5.24. The Bertz CT molecular complexity index is 1150. The van der Waals surface area contributed by atoms with Gasteiger partial charge >= 0.3 is 0 Å². The summed E-state index contributed by atoms with van der Waals surface area (Å²) in [6, 6.07) is 14.6. The van der Waals surface area contributed by atoms with Gasteiger partial charge in [0.05, 0.1) is 0 Å². The van der Waals surface area contributed by atoms with Crippen molar-refractivity contribution in [3.05, 3.63) is 72.1 Å². The normalized spacial score (nSPS) is 11.1. The molecule has 0 unspecified atom stereocenters. The Labute approximate surface area is 174 Å². The minimum Gasteiger partial charge on any atom is -0.356 e. The number of halogens is 1. The van der Waals surface area contributed by atoms with Crippen molar-refractivity contribution in [1.29, 1.82) is 0 Å². The highest BCUT2D eigenvalue weighted by Gasteiger charge is 2.15. The van der Waals surface area contributed by atoms with Crippen LogP contribution >= 0.6 is 0 Å². The minimum absolute atomic E-state index is 0.0395. The molecule has 2 heterocycles. The fourth-order valence-corrected chi connectivity index (χ4v) is 3.71. The van der Waals surface area contributed by atoms with Crippen molar-refractivity contribution in [1.82, 2.24) is 25.1 Å². The molecule has 2 aromatic carbocycles. The van der Waals surface area contributed by atoms with Crippen molar-refractivity contribution in [2.45, 2.75) is 32.7 Å². The van der Waals surface area contributed by atoms with Gasteiger partial charge in [-0.3, -0.25) is 4.79 Å². The summed E-state index contributed by atoms with van der Waals surface area (Å²) < 4.78 is 15.8. The number of carbonyl (C=O) groups is 1. The summed E-state index contributed by atoms with van der Waals surface area (Å²) in [5.41, 5.74) is 3.77. The van der Waals surface area contributed by atoms with Crippen LogP contribution in [-0.2, 0) is 24.2 Å². The van der Waals surface area contributed by atoms with Crippen LogP contribution in [0.5, 0.6) is 0 Å². The van der Waals surface area contributed by atoms with Crippen molar-refractivity contribution < 1.29 is 9.18 Å². The van der Waals surface area contributed by atoms with E-state index in [2.05, 4.69) is 20.5 Å². The van der Waals surface area contributed by atoms with E-state index in [1.807, 2.05) is 41.8 Å². The van der Waals surface area contributed by atoms with E-state index in [-0.39, 0.29) is 11.7 Å². The molecule has 0 bridgehead atoms. The Balaban J connectivity index is 1.46. The third kappa shape index (κ3) is 4.25. The van der Waals surface area contributed by atoms with Crippen LogP contribution in [0.2, 0.25) is 0 Å². The van der Waals surface area contributed by atoms with Crippen LogP contribution < -0.4 is 5.32 Å². The Kier molecular flexibility index (Phi) is 5.88. The standard InChI is InChI=1S/C23H24FN5O/c1-2-29-15-26-28-21(29)12-13-25-22(30)11-9-18-19-14-17(24)8-10-20(19)27-23(18)16-6-4-3-5-7-16/h3-8,10,14-15,27H,2,9,11-13H2,1H3,(H,25,30). The fourth-order valence-electron chi connectivity index (χ4n) is 3.71. The van der Waals surface area contributed by atoms with Crippen molar-refractivity contribution in [2.24, 2.45) is 0 Å². The number of aromatic amines is 1. The lowest BCUT2D eigenvalue weighted by Gasteiger charge is -2.08. The van der Waals surface area contributed by atoms with Crippen LogP contribution in [0.15, 0.2) is 54.9 Å². The molecule has 0 saturated carbocycles. The van der Waals surface area contributed by atoms with Crippen LogP contribution in [-0.4, -0.2) is 32.2 Å². The quantitative estimate of drug-likeness (QED) is 0.467. The number of H-pyrrole nitrogens is 1. The number of nitrogens with one attached hydrogen (secondary N) is 2. The Morgan fingerprint density at radius 2 is 2.00 bits per heavy atom. The molecule has 30 heavy (non-hydrogen) atoms. The smallest absolute Gasteiger partial charge is 0.220 e. The Morgan fingerprint density at radius 3 is 2.80 bits per heavy atom. The lowest BCUT2D eigenvalue weighted by Crippen LogP contribution is -2.26. The number of carbonyl (C=O) groups excluding carboxylic acids is 1. The van der Waals surface area contributed by atoms with E-state index >= 15 is 0 Å². The van der Waals surface area contributed by atoms with Crippen molar-refractivity contribution in [2.75, 3.05) is 6.54 Å². The van der Waals surface area contributed by atoms with Gasteiger partial charge in [0, 0.05) is 42.5 Å². The number of hydrogen-bond acceptors (Lipinski definition) is 3. The molecule has 0 spiro atoms. The monoisotopic (exact) mass is 405 g/mol. The molecular formula is C23H24FN5O. The Morgan fingerprint density at radius 1 is 1.17 bits per heavy atom. The molecule has 0 radical (unpaired) electrons. The van der Waals surface area contributed by atoms with Crippen molar-refractivity contribution in [3.63, 3.8) is 0 Å². The van der Waals surface area contributed by atoms with Crippen molar-refractivity contribution >= 4 is 16.8 Å². The minimum atomic E-state index is -0.285. The second-order valence-corrected chi connectivity index (χ2v) is 7.17. The zero-order chi connectivity index (χ0) is 20.9. The second kappa shape index (κ2) is 8.90. The number of fused-ring (bicyclic) bond motifs is 1. The van der Waals surface area contributed by atoms with Crippen LogP contribution in [0.4, 0.5) is 4.39 Å². The third-order valence-corrected chi connectivity index (χ3v) is 5.24. The predicted octanol–water partition coefficient (Wildman–Crippen LogP) is 3.88. The molecule has 6 nitrogen and oxygen atoms in total. The maximum atomic E-state index is 13.9. The second-order valence-electron chi connectivity index (χ2n) is 7.17. The molecule has 7 heteroatoms. The molecule has 1 amide bonds. The summed E-state index contributed by atoms with van der Waals surface area (Å²) in [6.45, 7) is 3.33. The summed E-state index contributed by atoms with van der Waals surface area (Å²) >= 11 is 0. The van der Waals surface area contributed by atoms with Gasteiger partial charge in [-0.05, 0) is 42.7 Å². The summed E-state index contributed by atoms with van der Waals surface area (Å²) in [5.74, 6) is 0.533. The summed E-state index contributed by atoms with van der Waals surface area (Å²) in [4.78, 5) is 15.8. The van der Waals surface area contributed by atoms with E-state index in [9.17, 15) is 9.18 Å². The molecule has 0 aliphatic heterocycles. The van der Waals surface area contributed by atoms with Gasteiger partial charge in [0.2, 0.25) is 5.91 Å².